The number of sulfone groups is 1. The zero-order valence-electron chi connectivity index (χ0n) is 24.6. The summed E-state index contributed by atoms with van der Waals surface area (Å²) in [5.74, 6) is -2.69. The summed E-state index contributed by atoms with van der Waals surface area (Å²) in [7, 11) is -3.48. The minimum absolute atomic E-state index is 0.106. The predicted molar refractivity (Wildman–Crippen MR) is 161 cm³/mol. The maximum atomic E-state index is 14.5. The molecule has 1 atom stereocenters. The van der Waals surface area contributed by atoms with E-state index in [4.69, 9.17) is 14.2 Å². The second-order valence-corrected chi connectivity index (χ2v) is 13.6. The second kappa shape index (κ2) is 12.6. The van der Waals surface area contributed by atoms with E-state index >= 15 is 0 Å². The Hall–Kier alpha value is -4.84. The summed E-state index contributed by atoms with van der Waals surface area (Å²) in [5.41, 5.74) is -0.118. The number of anilines is 1. The van der Waals surface area contributed by atoms with Gasteiger partial charge in [0.15, 0.2) is 21.4 Å². The van der Waals surface area contributed by atoms with Gasteiger partial charge in [-0.2, -0.15) is 0 Å². The summed E-state index contributed by atoms with van der Waals surface area (Å²) in [6.45, 7) is 5.31. The number of pyridine rings is 1. The zero-order valence-corrected chi connectivity index (χ0v) is 25.4. The van der Waals surface area contributed by atoms with Gasteiger partial charge in [0.25, 0.3) is 5.91 Å². The fraction of sp³-hybridized carbons (Fsp3) is 0.242. The molecule has 0 saturated heterocycles. The lowest BCUT2D eigenvalue weighted by molar-refractivity contribution is -0.123. The molecular weight excluding hydrogens is 606 g/mol. The van der Waals surface area contributed by atoms with Crippen LogP contribution in [0, 0.1) is 11.6 Å². The highest BCUT2D eigenvalue weighted by molar-refractivity contribution is 7.92. The van der Waals surface area contributed by atoms with Crippen LogP contribution in [0.4, 0.5) is 14.6 Å². The van der Waals surface area contributed by atoms with Gasteiger partial charge in [0.1, 0.15) is 28.7 Å². The van der Waals surface area contributed by atoms with Gasteiger partial charge in [0.05, 0.1) is 21.9 Å². The van der Waals surface area contributed by atoms with E-state index < -0.39 is 50.3 Å². The fourth-order valence-electron chi connectivity index (χ4n) is 4.24. The third-order valence-electron chi connectivity index (χ3n) is 6.54. The maximum absolute atomic E-state index is 14.5. The Morgan fingerprint density at radius 1 is 0.933 bits per heavy atom. The van der Waals surface area contributed by atoms with Crippen LogP contribution in [0.1, 0.15) is 55.6 Å². The first-order chi connectivity index (χ1) is 21.3. The van der Waals surface area contributed by atoms with Crippen molar-refractivity contribution in [2.24, 2.45) is 0 Å². The van der Waals surface area contributed by atoms with E-state index in [2.05, 4.69) is 10.3 Å². The van der Waals surface area contributed by atoms with Crippen molar-refractivity contribution in [2.45, 2.75) is 55.5 Å². The standard InChI is InChI=1S/C33H30F2N2O7S/c1-33(2,3)44-32(39)21-5-4-6-23(17-21)42-24-10-16-29(36-19-24)37-31(38)30(43-28-15-9-22(34)18-27(28)35)20-7-11-25(12-8-20)45(40,41)26-13-14-26/h4-12,15-19,26,30H,13-14H2,1-3H3,(H,36,37,38). The van der Waals surface area contributed by atoms with E-state index in [0.717, 1.165) is 12.1 Å². The van der Waals surface area contributed by atoms with Crippen molar-refractivity contribution in [3.63, 3.8) is 0 Å². The molecule has 9 nitrogen and oxygen atoms in total. The topological polar surface area (TPSA) is 121 Å². The van der Waals surface area contributed by atoms with Gasteiger partial charge in [-0.25, -0.2) is 27.0 Å². The van der Waals surface area contributed by atoms with Crippen molar-refractivity contribution in [3.05, 3.63) is 108 Å². The molecule has 1 aliphatic rings. The van der Waals surface area contributed by atoms with Gasteiger partial charge in [-0.05, 0) is 88.2 Å². The molecule has 5 rings (SSSR count). The number of nitrogens with one attached hydrogen (secondary N) is 1. The summed E-state index contributed by atoms with van der Waals surface area (Å²) >= 11 is 0. The van der Waals surface area contributed by atoms with Gasteiger partial charge in [-0.1, -0.05) is 18.2 Å². The average Bonchev–Trinajstić information content (AvgIpc) is 3.84. The minimum atomic E-state index is -3.48. The lowest BCUT2D eigenvalue weighted by Crippen LogP contribution is -2.26. The van der Waals surface area contributed by atoms with Crippen LogP contribution in [-0.2, 0) is 19.4 Å². The van der Waals surface area contributed by atoms with Crippen molar-refractivity contribution in [1.29, 1.82) is 0 Å². The molecule has 0 aliphatic heterocycles. The monoisotopic (exact) mass is 636 g/mol. The van der Waals surface area contributed by atoms with Gasteiger partial charge < -0.3 is 19.5 Å². The quantitative estimate of drug-likeness (QED) is 0.189. The summed E-state index contributed by atoms with van der Waals surface area (Å²) in [6, 6.07) is 17.7. The predicted octanol–water partition coefficient (Wildman–Crippen LogP) is 6.80. The number of halogens is 2. The Kier molecular flexibility index (Phi) is 8.87. The van der Waals surface area contributed by atoms with Gasteiger partial charge in [-0.3, -0.25) is 4.79 Å². The molecular formula is C33H30F2N2O7S. The van der Waals surface area contributed by atoms with Crippen molar-refractivity contribution < 1.29 is 41.0 Å². The highest BCUT2D eigenvalue weighted by Crippen LogP contribution is 2.34. The van der Waals surface area contributed by atoms with E-state index in [1.807, 2.05) is 0 Å². The number of rotatable bonds is 10. The lowest BCUT2D eigenvalue weighted by Gasteiger charge is -2.20. The molecule has 1 unspecified atom stereocenters. The molecule has 12 heteroatoms. The summed E-state index contributed by atoms with van der Waals surface area (Å²) in [5, 5.41) is 2.18. The highest BCUT2D eigenvalue weighted by atomic mass is 32.2. The number of esters is 1. The second-order valence-electron chi connectivity index (χ2n) is 11.4. The molecule has 1 N–H and O–H groups in total. The van der Waals surface area contributed by atoms with E-state index in [1.54, 1.807) is 39.0 Å². The molecule has 1 amide bonds. The number of ether oxygens (including phenoxy) is 3. The molecule has 1 aromatic heterocycles. The van der Waals surface area contributed by atoms with E-state index in [9.17, 15) is 26.8 Å². The Morgan fingerprint density at radius 3 is 2.29 bits per heavy atom. The third-order valence-corrected chi connectivity index (χ3v) is 8.82. The van der Waals surface area contributed by atoms with Crippen molar-refractivity contribution in [1.82, 2.24) is 4.98 Å². The van der Waals surface area contributed by atoms with Crippen LogP contribution < -0.4 is 14.8 Å². The number of carbonyl (C=O) groups is 2. The smallest absolute Gasteiger partial charge is 0.338 e. The largest absolute Gasteiger partial charge is 0.473 e. The zero-order chi connectivity index (χ0) is 32.4. The van der Waals surface area contributed by atoms with Crippen LogP contribution in [0.3, 0.4) is 0 Å². The number of hydrogen-bond acceptors (Lipinski definition) is 8. The average molecular weight is 637 g/mol. The molecule has 3 aromatic carbocycles. The van der Waals surface area contributed by atoms with Gasteiger partial charge in [-0.15, -0.1) is 0 Å². The third kappa shape index (κ3) is 8.01. The van der Waals surface area contributed by atoms with Crippen molar-refractivity contribution >= 4 is 27.5 Å². The molecule has 234 valence electrons. The van der Waals surface area contributed by atoms with Crippen LogP contribution in [-0.4, -0.2) is 36.1 Å². The van der Waals surface area contributed by atoms with Gasteiger partial charge in [0, 0.05) is 11.6 Å². The summed E-state index contributed by atoms with van der Waals surface area (Å²) < 4.78 is 70.1. The molecule has 45 heavy (non-hydrogen) atoms. The molecule has 0 radical (unpaired) electrons. The number of carbonyl (C=O) groups excluding carboxylic acids is 2. The fourth-order valence-corrected chi connectivity index (χ4v) is 5.90. The van der Waals surface area contributed by atoms with Crippen LogP contribution in [0.2, 0.25) is 0 Å². The first-order valence-electron chi connectivity index (χ1n) is 14.0. The summed E-state index contributed by atoms with van der Waals surface area (Å²) in [4.78, 5) is 30.1. The van der Waals surface area contributed by atoms with Gasteiger partial charge >= 0.3 is 5.97 Å². The Bertz CT molecular complexity index is 1820. The van der Waals surface area contributed by atoms with Gasteiger partial charge in [0.2, 0.25) is 6.10 Å². The Morgan fingerprint density at radius 2 is 1.67 bits per heavy atom. The molecule has 1 saturated carbocycles. The van der Waals surface area contributed by atoms with Crippen LogP contribution in [0.5, 0.6) is 17.2 Å². The SMILES string of the molecule is CC(C)(C)OC(=O)c1cccc(Oc2ccc(NC(=O)C(Oc3ccc(F)cc3F)c3ccc(S(=O)(=O)C4CC4)cc3)nc2)c1. The number of hydrogen-bond donors (Lipinski definition) is 1. The van der Waals surface area contributed by atoms with Crippen molar-refractivity contribution in [2.75, 3.05) is 5.32 Å². The molecule has 1 fully saturated rings. The minimum Gasteiger partial charge on any atom is -0.473 e. The normalized spacial score (nSPS) is 13.9. The van der Waals surface area contributed by atoms with Crippen LogP contribution in [0.15, 0.2) is 90.0 Å². The number of amides is 1. The lowest BCUT2D eigenvalue weighted by atomic mass is 10.1. The van der Waals surface area contributed by atoms with Crippen LogP contribution in [0.25, 0.3) is 0 Å². The first-order valence-corrected chi connectivity index (χ1v) is 15.6. The molecule has 1 aliphatic carbocycles. The van der Waals surface area contributed by atoms with Crippen molar-refractivity contribution in [3.8, 4) is 17.2 Å². The first kappa shape index (κ1) is 31.6. The molecule has 4 aromatic rings. The molecule has 1 heterocycles. The van der Waals surface area contributed by atoms with E-state index in [0.29, 0.717) is 36.0 Å². The van der Waals surface area contributed by atoms with E-state index in [1.165, 1.54) is 48.7 Å². The Balaban J connectivity index is 1.32. The molecule has 0 bridgehead atoms. The van der Waals surface area contributed by atoms with Crippen LogP contribution >= 0.6 is 0 Å². The summed E-state index contributed by atoms with van der Waals surface area (Å²) in [6.07, 6.45) is 1.09. The van der Waals surface area contributed by atoms with E-state index in [-0.39, 0.29) is 22.0 Å². The highest BCUT2D eigenvalue weighted by Gasteiger charge is 2.37. The number of benzene rings is 3. The molecule has 0 spiro atoms. The number of nitrogens with zero attached hydrogens (tertiary/aromatic N) is 1. The maximum Gasteiger partial charge on any atom is 0.338 e. The number of aromatic nitrogens is 1. The Labute approximate surface area is 259 Å².